The van der Waals surface area contributed by atoms with Gasteiger partial charge in [0.1, 0.15) is 12.7 Å². The van der Waals surface area contributed by atoms with E-state index < -0.39 is 0 Å². The monoisotopic (exact) mass is 183 g/mol. The lowest BCUT2D eigenvalue weighted by molar-refractivity contribution is 0.207. The summed E-state index contributed by atoms with van der Waals surface area (Å²) in [5.41, 5.74) is 0. The minimum Gasteiger partial charge on any atom is -0.394 e. The molecule has 0 saturated carbocycles. The van der Waals surface area contributed by atoms with E-state index in [-0.39, 0.29) is 12.6 Å². The number of unbranched alkanes of at least 4 members (excludes halogenated alkanes) is 2. The summed E-state index contributed by atoms with van der Waals surface area (Å²) in [7, 11) is 0. The first kappa shape index (κ1) is 10.2. The van der Waals surface area contributed by atoms with Crippen molar-refractivity contribution in [1.82, 2.24) is 14.8 Å². The zero-order valence-electron chi connectivity index (χ0n) is 8.06. The maximum absolute atomic E-state index is 9.11. The minimum absolute atomic E-state index is 0.106. The molecule has 74 valence electrons. The van der Waals surface area contributed by atoms with Crippen LogP contribution in [0.5, 0.6) is 0 Å². The van der Waals surface area contributed by atoms with Crippen molar-refractivity contribution < 1.29 is 5.11 Å². The molecule has 4 heteroatoms. The van der Waals surface area contributed by atoms with E-state index in [9.17, 15) is 0 Å². The zero-order chi connectivity index (χ0) is 9.52. The SMILES string of the molecule is CCCCCC(CO)n1cncn1. The van der Waals surface area contributed by atoms with Gasteiger partial charge in [-0.05, 0) is 6.42 Å². The first-order valence-corrected chi connectivity index (χ1v) is 4.83. The molecule has 0 aliphatic heterocycles. The van der Waals surface area contributed by atoms with E-state index in [2.05, 4.69) is 17.0 Å². The Bertz CT molecular complexity index is 211. The minimum atomic E-state index is 0.106. The van der Waals surface area contributed by atoms with Crippen molar-refractivity contribution in [1.29, 1.82) is 0 Å². The molecular weight excluding hydrogens is 166 g/mol. The molecule has 0 aromatic carbocycles. The van der Waals surface area contributed by atoms with Crippen LogP contribution in [0.2, 0.25) is 0 Å². The molecule has 13 heavy (non-hydrogen) atoms. The summed E-state index contributed by atoms with van der Waals surface area (Å²) in [5.74, 6) is 0. The molecule has 1 aromatic rings. The van der Waals surface area contributed by atoms with Gasteiger partial charge in [0.05, 0.1) is 12.6 Å². The lowest BCUT2D eigenvalue weighted by Crippen LogP contribution is -2.13. The van der Waals surface area contributed by atoms with Crippen LogP contribution >= 0.6 is 0 Å². The Hall–Kier alpha value is -0.900. The second-order valence-corrected chi connectivity index (χ2v) is 3.21. The first-order chi connectivity index (χ1) is 6.38. The predicted molar refractivity (Wildman–Crippen MR) is 50.3 cm³/mol. The molecule has 0 aliphatic carbocycles. The highest BCUT2D eigenvalue weighted by Gasteiger charge is 2.08. The van der Waals surface area contributed by atoms with Crippen molar-refractivity contribution in [3.63, 3.8) is 0 Å². The highest BCUT2D eigenvalue weighted by molar-refractivity contribution is 4.67. The van der Waals surface area contributed by atoms with Gasteiger partial charge in [-0.3, -0.25) is 0 Å². The van der Waals surface area contributed by atoms with Crippen LogP contribution in [-0.2, 0) is 0 Å². The number of hydrogen-bond acceptors (Lipinski definition) is 3. The van der Waals surface area contributed by atoms with Crippen molar-refractivity contribution in [3.8, 4) is 0 Å². The van der Waals surface area contributed by atoms with Gasteiger partial charge in [0.2, 0.25) is 0 Å². The molecule has 1 aromatic heterocycles. The Morgan fingerprint density at radius 2 is 2.31 bits per heavy atom. The van der Waals surface area contributed by atoms with Crippen LogP contribution in [0.3, 0.4) is 0 Å². The molecule has 0 bridgehead atoms. The Morgan fingerprint density at radius 1 is 1.46 bits per heavy atom. The van der Waals surface area contributed by atoms with Gasteiger partial charge in [-0.25, -0.2) is 9.67 Å². The first-order valence-electron chi connectivity index (χ1n) is 4.83. The van der Waals surface area contributed by atoms with Crippen LogP contribution < -0.4 is 0 Å². The fourth-order valence-electron chi connectivity index (χ4n) is 1.34. The zero-order valence-corrected chi connectivity index (χ0v) is 8.06. The standard InChI is InChI=1S/C9H17N3O/c1-2-3-4-5-9(6-13)12-8-10-7-11-12/h7-9,13H,2-6H2,1H3. The number of aromatic nitrogens is 3. The van der Waals surface area contributed by atoms with Crippen LogP contribution in [0.15, 0.2) is 12.7 Å². The summed E-state index contributed by atoms with van der Waals surface area (Å²) < 4.78 is 1.73. The Labute approximate surface area is 78.6 Å². The van der Waals surface area contributed by atoms with E-state index in [1.54, 1.807) is 11.0 Å². The summed E-state index contributed by atoms with van der Waals surface area (Å²) in [5, 5.41) is 13.1. The van der Waals surface area contributed by atoms with Gasteiger partial charge in [-0.1, -0.05) is 26.2 Å². The van der Waals surface area contributed by atoms with Crippen LogP contribution in [0.1, 0.15) is 38.6 Å². The molecule has 0 saturated heterocycles. The van der Waals surface area contributed by atoms with Crippen molar-refractivity contribution in [3.05, 3.63) is 12.7 Å². The molecule has 1 N–H and O–H groups in total. The molecule has 0 fully saturated rings. The van der Waals surface area contributed by atoms with Gasteiger partial charge in [0.25, 0.3) is 0 Å². The average molecular weight is 183 g/mol. The van der Waals surface area contributed by atoms with Crippen molar-refractivity contribution in [2.45, 2.75) is 38.6 Å². The Balaban J connectivity index is 2.35. The third-order valence-electron chi connectivity index (χ3n) is 2.16. The van der Waals surface area contributed by atoms with E-state index in [0.717, 1.165) is 12.8 Å². The molecular formula is C9H17N3O. The van der Waals surface area contributed by atoms with Gasteiger partial charge in [-0.2, -0.15) is 5.10 Å². The summed E-state index contributed by atoms with van der Waals surface area (Å²) in [6.07, 6.45) is 7.70. The third kappa shape index (κ3) is 3.14. The molecule has 1 rings (SSSR count). The van der Waals surface area contributed by atoms with E-state index in [4.69, 9.17) is 5.11 Å². The molecule has 0 spiro atoms. The molecule has 4 nitrogen and oxygen atoms in total. The molecule has 1 unspecified atom stereocenters. The summed E-state index contributed by atoms with van der Waals surface area (Å²) in [6.45, 7) is 2.32. The fourth-order valence-corrected chi connectivity index (χ4v) is 1.34. The van der Waals surface area contributed by atoms with Gasteiger partial charge in [0.15, 0.2) is 0 Å². The highest BCUT2D eigenvalue weighted by Crippen LogP contribution is 2.13. The smallest absolute Gasteiger partial charge is 0.137 e. The quantitative estimate of drug-likeness (QED) is 0.678. The predicted octanol–water partition coefficient (Wildman–Crippen LogP) is 1.39. The fraction of sp³-hybridized carbons (Fsp3) is 0.778. The highest BCUT2D eigenvalue weighted by atomic mass is 16.3. The second kappa shape index (κ2) is 5.70. The number of aliphatic hydroxyl groups excluding tert-OH is 1. The van der Waals surface area contributed by atoms with E-state index in [1.807, 2.05) is 0 Å². The summed E-state index contributed by atoms with van der Waals surface area (Å²) in [4.78, 5) is 3.86. The van der Waals surface area contributed by atoms with Crippen molar-refractivity contribution in [2.75, 3.05) is 6.61 Å². The van der Waals surface area contributed by atoms with E-state index in [0.29, 0.717) is 0 Å². The topological polar surface area (TPSA) is 50.9 Å². The number of aliphatic hydroxyl groups is 1. The molecule has 0 radical (unpaired) electrons. The lowest BCUT2D eigenvalue weighted by Gasteiger charge is -2.13. The number of rotatable bonds is 6. The van der Waals surface area contributed by atoms with Crippen molar-refractivity contribution in [2.24, 2.45) is 0 Å². The number of nitrogens with zero attached hydrogens (tertiary/aromatic N) is 3. The normalized spacial score (nSPS) is 13.1. The molecule has 1 atom stereocenters. The van der Waals surface area contributed by atoms with Crippen LogP contribution in [0.25, 0.3) is 0 Å². The van der Waals surface area contributed by atoms with Crippen molar-refractivity contribution >= 4 is 0 Å². The van der Waals surface area contributed by atoms with Gasteiger partial charge >= 0.3 is 0 Å². The van der Waals surface area contributed by atoms with Crippen LogP contribution in [0.4, 0.5) is 0 Å². The molecule has 0 aliphatic rings. The van der Waals surface area contributed by atoms with Gasteiger partial charge < -0.3 is 5.11 Å². The molecule has 0 amide bonds. The van der Waals surface area contributed by atoms with E-state index in [1.165, 1.54) is 19.2 Å². The van der Waals surface area contributed by atoms with Crippen LogP contribution in [0, 0.1) is 0 Å². The summed E-state index contributed by atoms with van der Waals surface area (Å²) >= 11 is 0. The van der Waals surface area contributed by atoms with E-state index >= 15 is 0 Å². The Morgan fingerprint density at radius 3 is 2.85 bits per heavy atom. The second-order valence-electron chi connectivity index (χ2n) is 3.21. The number of hydrogen-bond donors (Lipinski definition) is 1. The van der Waals surface area contributed by atoms with Gasteiger partial charge in [0, 0.05) is 0 Å². The third-order valence-corrected chi connectivity index (χ3v) is 2.16. The maximum atomic E-state index is 9.11. The maximum Gasteiger partial charge on any atom is 0.137 e. The Kier molecular flexibility index (Phi) is 4.46. The largest absolute Gasteiger partial charge is 0.394 e. The van der Waals surface area contributed by atoms with Gasteiger partial charge in [-0.15, -0.1) is 0 Å². The molecule has 1 heterocycles. The average Bonchev–Trinajstić information content (AvgIpc) is 2.65. The summed E-state index contributed by atoms with van der Waals surface area (Å²) in [6, 6.07) is 0.106. The van der Waals surface area contributed by atoms with Crippen LogP contribution in [-0.4, -0.2) is 26.5 Å². The lowest BCUT2D eigenvalue weighted by atomic mass is 10.1.